The SMILES string of the molecule is CN1CC[N+](C)(CC(=O)Nc2c(N)cc(N)cc2O)CC1.[Cl-]. The van der Waals surface area contributed by atoms with E-state index in [4.69, 9.17) is 11.5 Å². The fourth-order valence-electron chi connectivity index (χ4n) is 2.54. The number of nitrogen functional groups attached to an aromatic ring is 2. The van der Waals surface area contributed by atoms with Gasteiger partial charge in [0.25, 0.3) is 5.91 Å². The van der Waals surface area contributed by atoms with Gasteiger partial charge in [0.1, 0.15) is 11.4 Å². The number of piperazine rings is 1. The average Bonchev–Trinajstić information content (AvgIpc) is 2.37. The van der Waals surface area contributed by atoms with Crippen molar-refractivity contribution >= 4 is 23.0 Å². The number of benzene rings is 1. The van der Waals surface area contributed by atoms with Crippen molar-refractivity contribution in [2.45, 2.75) is 0 Å². The number of likely N-dealkylation sites (N-methyl/N-ethyl adjacent to an activating group) is 2. The molecule has 22 heavy (non-hydrogen) atoms. The molecule has 2 rings (SSSR count). The average molecular weight is 330 g/mol. The standard InChI is InChI=1S/C14H23N5O2.ClH/c1-18-3-5-19(2,6-4-18)9-13(21)17-14-11(16)7-10(15)8-12(14)20;/h7-8H,3-6,9,15-16H2,1-2H3,(H-,17,20,21);1H. The number of nitrogens with one attached hydrogen (secondary N) is 1. The van der Waals surface area contributed by atoms with E-state index in [-0.39, 0.29) is 35.4 Å². The number of nitrogens with two attached hydrogens (primary N) is 2. The normalized spacial score (nSPS) is 17.5. The van der Waals surface area contributed by atoms with Crippen LogP contribution in [0.2, 0.25) is 0 Å². The molecule has 8 heteroatoms. The number of halogens is 1. The Bertz CT molecular complexity index is 521. The van der Waals surface area contributed by atoms with Crippen LogP contribution in [-0.2, 0) is 4.79 Å². The first-order chi connectivity index (χ1) is 9.79. The fourth-order valence-corrected chi connectivity index (χ4v) is 2.54. The number of quaternary nitrogens is 1. The fraction of sp³-hybridized carbons (Fsp3) is 0.500. The Balaban J connectivity index is 0.00000242. The summed E-state index contributed by atoms with van der Waals surface area (Å²) in [4.78, 5) is 14.5. The molecule has 0 unspecified atom stereocenters. The molecular weight excluding hydrogens is 306 g/mol. The Morgan fingerprint density at radius 3 is 2.50 bits per heavy atom. The van der Waals surface area contributed by atoms with Crippen LogP contribution in [0, 0.1) is 0 Å². The second-order valence-electron chi connectivity index (χ2n) is 6.08. The molecule has 0 bridgehead atoms. The molecule has 1 amide bonds. The molecule has 7 nitrogen and oxygen atoms in total. The molecule has 124 valence electrons. The Hall–Kier alpha value is -1.70. The summed E-state index contributed by atoms with van der Waals surface area (Å²) in [7, 11) is 4.15. The second kappa shape index (κ2) is 7.04. The summed E-state index contributed by atoms with van der Waals surface area (Å²) >= 11 is 0. The monoisotopic (exact) mass is 329 g/mol. The Labute approximate surface area is 136 Å². The van der Waals surface area contributed by atoms with E-state index in [9.17, 15) is 9.90 Å². The first kappa shape index (κ1) is 18.3. The van der Waals surface area contributed by atoms with Crippen molar-refractivity contribution in [2.24, 2.45) is 0 Å². The molecule has 1 aliphatic heterocycles. The number of anilines is 3. The van der Waals surface area contributed by atoms with Gasteiger partial charge in [0.2, 0.25) is 0 Å². The van der Waals surface area contributed by atoms with Gasteiger partial charge in [0.15, 0.2) is 6.54 Å². The van der Waals surface area contributed by atoms with Crippen molar-refractivity contribution in [3.8, 4) is 5.75 Å². The summed E-state index contributed by atoms with van der Waals surface area (Å²) in [6, 6.07) is 2.89. The third-order valence-electron chi connectivity index (χ3n) is 4.00. The van der Waals surface area contributed by atoms with Crippen LogP contribution in [-0.4, -0.2) is 67.2 Å². The highest BCUT2D eigenvalue weighted by molar-refractivity contribution is 5.97. The molecule has 1 aliphatic rings. The first-order valence-electron chi connectivity index (χ1n) is 6.99. The summed E-state index contributed by atoms with van der Waals surface area (Å²) in [6.07, 6.45) is 0. The predicted molar refractivity (Wildman–Crippen MR) is 83.8 cm³/mol. The largest absolute Gasteiger partial charge is 1.00 e. The Morgan fingerprint density at radius 2 is 1.95 bits per heavy atom. The molecule has 0 spiro atoms. The minimum Gasteiger partial charge on any atom is -1.00 e. The number of phenolic OH excluding ortho intramolecular Hbond substituents is 1. The van der Waals surface area contributed by atoms with Crippen molar-refractivity contribution < 1.29 is 26.8 Å². The van der Waals surface area contributed by atoms with E-state index in [1.165, 1.54) is 12.1 Å². The topological polar surface area (TPSA) is 105 Å². The lowest BCUT2D eigenvalue weighted by molar-refractivity contribution is -0.905. The maximum atomic E-state index is 12.2. The van der Waals surface area contributed by atoms with Gasteiger partial charge < -0.3 is 38.8 Å². The van der Waals surface area contributed by atoms with E-state index in [0.29, 0.717) is 16.7 Å². The summed E-state index contributed by atoms with van der Waals surface area (Å²) < 4.78 is 0.686. The van der Waals surface area contributed by atoms with Crippen molar-refractivity contribution in [2.75, 3.05) is 63.6 Å². The Morgan fingerprint density at radius 1 is 1.36 bits per heavy atom. The van der Waals surface area contributed by atoms with E-state index in [1.54, 1.807) is 0 Å². The van der Waals surface area contributed by atoms with E-state index in [1.807, 2.05) is 0 Å². The highest BCUT2D eigenvalue weighted by atomic mass is 35.5. The second-order valence-corrected chi connectivity index (χ2v) is 6.08. The third-order valence-corrected chi connectivity index (χ3v) is 4.00. The highest BCUT2D eigenvalue weighted by Gasteiger charge is 2.30. The van der Waals surface area contributed by atoms with Gasteiger partial charge in [0, 0.05) is 24.8 Å². The van der Waals surface area contributed by atoms with Gasteiger partial charge in [-0.05, 0) is 13.1 Å². The van der Waals surface area contributed by atoms with Gasteiger partial charge in [-0.25, -0.2) is 0 Å². The maximum Gasteiger partial charge on any atom is 0.279 e. The lowest BCUT2D eigenvalue weighted by Crippen LogP contribution is -3.00. The first-order valence-corrected chi connectivity index (χ1v) is 6.99. The van der Waals surface area contributed by atoms with Crippen molar-refractivity contribution in [1.29, 1.82) is 0 Å². The number of hydrogen-bond acceptors (Lipinski definition) is 5. The van der Waals surface area contributed by atoms with Gasteiger partial charge >= 0.3 is 0 Å². The number of nitrogens with zero attached hydrogens (tertiary/aromatic N) is 2. The van der Waals surface area contributed by atoms with Crippen LogP contribution in [0.25, 0.3) is 0 Å². The summed E-state index contributed by atoms with van der Waals surface area (Å²) in [6.45, 7) is 4.15. The van der Waals surface area contributed by atoms with Crippen LogP contribution in [0.4, 0.5) is 17.1 Å². The zero-order chi connectivity index (χ0) is 15.6. The van der Waals surface area contributed by atoms with Gasteiger partial charge in [-0.3, -0.25) is 9.69 Å². The van der Waals surface area contributed by atoms with Crippen LogP contribution in [0.3, 0.4) is 0 Å². The molecule has 0 atom stereocenters. The highest BCUT2D eigenvalue weighted by Crippen LogP contribution is 2.32. The molecule has 0 aliphatic carbocycles. The minimum absolute atomic E-state index is 0. The molecule has 0 radical (unpaired) electrons. The molecule has 1 saturated heterocycles. The van der Waals surface area contributed by atoms with Crippen LogP contribution in [0.1, 0.15) is 0 Å². The lowest BCUT2D eigenvalue weighted by atomic mass is 10.2. The van der Waals surface area contributed by atoms with Crippen LogP contribution < -0.4 is 29.2 Å². The lowest BCUT2D eigenvalue weighted by Gasteiger charge is -2.40. The smallest absolute Gasteiger partial charge is 0.279 e. The number of aromatic hydroxyl groups is 1. The molecule has 1 aromatic rings. The predicted octanol–water partition coefficient (Wildman–Crippen LogP) is -3.11. The zero-order valence-electron chi connectivity index (χ0n) is 13.0. The van der Waals surface area contributed by atoms with Crippen molar-refractivity contribution in [3.05, 3.63) is 12.1 Å². The summed E-state index contributed by atoms with van der Waals surface area (Å²) in [5.41, 5.74) is 12.2. The minimum atomic E-state index is -0.158. The van der Waals surface area contributed by atoms with Gasteiger partial charge in [-0.15, -0.1) is 0 Å². The summed E-state index contributed by atoms with van der Waals surface area (Å²) in [5.74, 6) is -0.268. The molecular formula is C14H24ClN5O2. The number of carbonyl (C=O) groups is 1. The molecule has 1 fully saturated rings. The molecule has 1 aromatic carbocycles. The number of phenols is 1. The van der Waals surface area contributed by atoms with Crippen LogP contribution in [0.15, 0.2) is 12.1 Å². The molecule has 6 N–H and O–H groups in total. The third kappa shape index (κ3) is 4.40. The molecule has 0 saturated carbocycles. The zero-order valence-corrected chi connectivity index (χ0v) is 13.7. The number of amides is 1. The molecule has 1 heterocycles. The Kier molecular flexibility index (Phi) is 5.87. The number of carbonyl (C=O) groups excluding carboxylic acids is 1. The number of rotatable bonds is 3. The molecule has 0 aromatic heterocycles. The van der Waals surface area contributed by atoms with Gasteiger partial charge in [0.05, 0.1) is 25.8 Å². The quantitative estimate of drug-likeness (QED) is 0.267. The van der Waals surface area contributed by atoms with Crippen molar-refractivity contribution in [1.82, 2.24) is 4.90 Å². The maximum absolute atomic E-state index is 12.2. The van der Waals surface area contributed by atoms with Crippen molar-refractivity contribution in [3.63, 3.8) is 0 Å². The van der Waals surface area contributed by atoms with Gasteiger partial charge in [-0.2, -0.15) is 0 Å². The van der Waals surface area contributed by atoms with Gasteiger partial charge in [-0.1, -0.05) is 0 Å². The van der Waals surface area contributed by atoms with Crippen LogP contribution in [0.5, 0.6) is 5.75 Å². The number of hydrogen-bond donors (Lipinski definition) is 4. The van der Waals surface area contributed by atoms with E-state index in [0.717, 1.165) is 26.2 Å². The van der Waals surface area contributed by atoms with E-state index < -0.39 is 0 Å². The van der Waals surface area contributed by atoms with E-state index in [2.05, 4.69) is 24.3 Å². The summed E-state index contributed by atoms with van der Waals surface area (Å²) in [5, 5.41) is 12.5. The van der Waals surface area contributed by atoms with Crippen LogP contribution >= 0.6 is 0 Å². The van der Waals surface area contributed by atoms with E-state index >= 15 is 0 Å².